The van der Waals surface area contributed by atoms with Gasteiger partial charge in [0.05, 0.1) is 7.11 Å². The van der Waals surface area contributed by atoms with Crippen LogP contribution in [-0.4, -0.2) is 36.4 Å². The average Bonchev–Trinajstić information content (AvgIpc) is 2.71. The minimum Gasteiger partial charge on any atom is -0.467 e. The Hall–Kier alpha value is -1.69. The summed E-state index contributed by atoms with van der Waals surface area (Å²) in [5, 5.41) is 2.65. The Labute approximate surface area is 125 Å². The number of Topliss-reactive ketones (excluding diaryl/α,β-unsaturated/α-hetero) is 1. The van der Waals surface area contributed by atoms with E-state index in [2.05, 4.69) is 5.32 Å². The quantitative estimate of drug-likeness (QED) is 0.728. The van der Waals surface area contributed by atoms with Crippen LogP contribution in [0.15, 0.2) is 11.1 Å². The van der Waals surface area contributed by atoms with E-state index >= 15 is 0 Å². The van der Waals surface area contributed by atoms with Gasteiger partial charge in [0.2, 0.25) is 5.91 Å². The van der Waals surface area contributed by atoms with E-state index in [-0.39, 0.29) is 18.1 Å². The first-order valence-electron chi connectivity index (χ1n) is 6.99. The van der Waals surface area contributed by atoms with Gasteiger partial charge in [-0.15, -0.1) is 0 Å². The molecule has 0 unspecified atom stereocenters. The number of ether oxygens (including phenoxy) is 1. The highest BCUT2D eigenvalue weighted by molar-refractivity contribution is 5.99. The van der Waals surface area contributed by atoms with Crippen molar-refractivity contribution in [3.8, 4) is 0 Å². The molecule has 0 bridgehead atoms. The molecule has 0 heterocycles. The van der Waals surface area contributed by atoms with Gasteiger partial charge in [-0.2, -0.15) is 0 Å². The van der Waals surface area contributed by atoms with Crippen molar-refractivity contribution in [2.45, 2.75) is 52.1 Å². The van der Waals surface area contributed by atoms with Crippen LogP contribution in [0.5, 0.6) is 0 Å². The van der Waals surface area contributed by atoms with Gasteiger partial charge in [-0.3, -0.25) is 9.59 Å². The number of hydrogen-bond acceptors (Lipinski definition) is 5. The number of carbonyl (C=O) groups is 3. The Kier molecular flexibility index (Phi) is 5.28. The van der Waals surface area contributed by atoms with E-state index in [1.807, 2.05) is 13.8 Å². The molecule has 2 atom stereocenters. The summed E-state index contributed by atoms with van der Waals surface area (Å²) in [5.41, 5.74) is 6.42. The number of methoxy groups -OCH3 is 1. The zero-order chi connectivity index (χ0) is 16.4. The van der Waals surface area contributed by atoms with Crippen LogP contribution < -0.4 is 11.1 Å². The van der Waals surface area contributed by atoms with Gasteiger partial charge in [0, 0.05) is 6.42 Å². The number of hydrogen-bond donors (Lipinski definition) is 2. The number of amides is 1. The van der Waals surface area contributed by atoms with Gasteiger partial charge in [0.25, 0.3) is 0 Å². The number of nitrogens with two attached hydrogens (primary N) is 1. The van der Waals surface area contributed by atoms with Crippen molar-refractivity contribution >= 4 is 17.7 Å². The molecular weight excluding hydrogens is 272 g/mol. The molecule has 0 aliphatic heterocycles. The first-order valence-corrected chi connectivity index (χ1v) is 6.99. The number of esters is 1. The highest BCUT2D eigenvalue weighted by Crippen LogP contribution is 2.33. The molecular formula is C15H24N2O4. The molecule has 1 amide bonds. The van der Waals surface area contributed by atoms with Crippen LogP contribution in [0.2, 0.25) is 0 Å². The van der Waals surface area contributed by atoms with Gasteiger partial charge >= 0.3 is 5.97 Å². The molecule has 1 aliphatic rings. The third-order valence-corrected chi connectivity index (χ3v) is 3.87. The van der Waals surface area contributed by atoms with E-state index in [1.54, 1.807) is 6.92 Å². The van der Waals surface area contributed by atoms with Crippen molar-refractivity contribution in [2.24, 2.45) is 11.7 Å². The molecule has 0 aromatic carbocycles. The predicted molar refractivity (Wildman–Crippen MR) is 78.3 cm³/mol. The fourth-order valence-corrected chi connectivity index (χ4v) is 2.60. The summed E-state index contributed by atoms with van der Waals surface area (Å²) >= 11 is 0. The van der Waals surface area contributed by atoms with Crippen molar-refractivity contribution < 1.29 is 19.1 Å². The van der Waals surface area contributed by atoms with Gasteiger partial charge < -0.3 is 15.8 Å². The van der Waals surface area contributed by atoms with E-state index < -0.39 is 23.5 Å². The van der Waals surface area contributed by atoms with Crippen molar-refractivity contribution in [3.63, 3.8) is 0 Å². The number of ketones is 1. The molecule has 1 aliphatic carbocycles. The van der Waals surface area contributed by atoms with Crippen LogP contribution in [0.3, 0.4) is 0 Å². The molecule has 3 N–H and O–H groups in total. The van der Waals surface area contributed by atoms with Crippen molar-refractivity contribution in [1.82, 2.24) is 5.32 Å². The first-order chi connectivity index (χ1) is 9.62. The Bertz CT molecular complexity index is 496. The zero-order valence-corrected chi connectivity index (χ0v) is 13.3. The van der Waals surface area contributed by atoms with Crippen molar-refractivity contribution in [2.75, 3.05) is 7.11 Å². The summed E-state index contributed by atoms with van der Waals surface area (Å²) in [6.45, 7) is 6.89. The first kappa shape index (κ1) is 17.4. The van der Waals surface area contributed by atoms with Crippen LogP contribution >= 0.6 is 0 Å². The predicted octanol–water partition coefficient (Wildman–Crippen LogP) is 0.697. The molecule has 0 saturated heterocycles. The summed E-state index contributed by atoms with van der Waals surface area (Å²) in [6.07, 6.45) is 0.520. The van der Waals surface area contributed by atoms with Crippen LogP contribution in [-0.2, 0) is 19.1 Å². The normalized spacial score (nSPS) is 23.2. The Balaban J connectivity index is 2.85. The van der Waals surface area contributed by atoms with E-state index in [0.717, 1.165) is 5.57 Å². The molecule has 0 saturated carbocycles. The Morgan fingerprint density at radius 1 is 1.29 bits per heavy atom. The van der Waals surface area contributed by atoms with E-state index in [1.165, 1.54) is 14.0 Å². The summed E-state index contributed by atoms with van der Waals surface area (Å²) < 4.78 is 4.69. The van der Waals surface area contributed by atoms with Crippen molar-refractivity contribution in [1.29, 1.82) is 0 Å². The lowest BCUT2D eigenvalue weighted by molar-refractivity contribution is -0.147. The van der Waals surface area contributed by atoms with Crippen LogP contribution in [0, 0.1) is 5.92 Å². The minimum absolute atomic E-state index is 0.0685. The molecule has 0 fully saturated rings. The lowest BCUT2D eigenvalue weighted by atomic mass is 9.92. The molecule has 6 heteroatoms. The van der Waals surface area contributed by atoms with Crippen LogP contribution in [0.25, 0.3) is 0 Å². The maximum absolute atomic E-state index is 12.4. The summed E-state index contributed by atoms with van der Waals surface area (Å²) in [7, 11) is 1.28. The average molecular weight is 296 g/mol. The largest absolute Gasteiger partial charge is 0.467 e. The van der Waals surface area contributed by atoms with E-state index in [0.29, 0.717) is 12.0 Å². The molecule has 1 rings (SSSR count). The summed E-state index contributed by atoms with van der Waals surface area (Å²) in [6, 6.07) is -0.746. The Morgan fingerprint density at radius 3 is 2.24 bits per heavy atom. The highest BCUT2D eigenvalue weighted by atomic mass is 16.5. The topological polar surface area (TPSA) is 98.5 Å². The maximum Gasteiger partial charge on any atom is 0.328 e. The molecule has 0 spiro atoms. The monoisotopic (exact) mass is 296 g/mol. The third kappa shape index (κ3) is 3.69. The summed E-state index contributed by atoms with van der Waals surface area (Å²) in [4.78, 5) is 35.7. The molecule has 21 heavy (non-hydrogen) atoms. The standard InChI is InChI=1S/C15H24N2O4/c1-8(2)12(13(19)21-5)17-14(20)15(16)6-9(3)11(7-15)10(4)18/h8,12H,6-7,16H2,1-5H3,(H,17,20)/t12-,15-/m1/s1. The maximum atomic E-state index is 12.4. The second kappa shape index (κ2) is 6.39. The van der Waals surface area contributed by atoms with Gasteiger partial charge in [0.1, 0.15) is 11.6 Å². The van der Waals surface area contributed by atoms with Crippen LogP contribution in [0.1, 0.15) is 40.5 Å². The van der Waals surface area contributed by atoms with E-state index in [9.17, 15) is 14.4 Å². The fourth-order valence-electron chi connectivity index (χ4n) is 2.60. The third-order valence-electron chi connectivity index (χ3n) is 3.87. The van der Waals surface area contributed by atoms with Gasteiger partial charge in [-0.05, 0) is 31.8 Å². The lowest BCUT2D eigenvalue weighted by Crippen LogP contribution is -2.57. The minimum atomic E-state index is -1.17. The Morgan fingerprint density at radius 2 is 1.86 bits per heavy atom. The number of carbonyl (C=O) groups excluding carboxylic acids is 3. The molecule has 6 nitrogen and oxygen atoms in total. The summed E-state index contributed by atoms with van der Waals surface area (Å²) in [5.74, 6) is -1.12. The molecule has 0 aromatic heterocycles. The fraction of sp³-hybridized carbons (Fsp3) is 0.667. The van der Waals surface area contributed by atoms with Crippen molar-refractivity contribution in [3.05, 3.63) is 11.1 Å². The molecule has 0 radical (unpaired) electrons. The zero-order valence-electron chi connectivity index (χ0n) is 13.3. The second-order valence-corrected chi connectivity index (χ2v) is 6.04. The van der Waals surface area contributed by atoms with Gasteiger partial charge in [0.15, 0.2) is 5.78 Å². The highest BCUT2D eigenvalue weighted by Gasteiger charge is 2.43. The second-order valence-electron chi connectivity index (χ2n) is 6.04. The van der Waals surface area contributed by atoms with Crippen LogP contribution in [0.4, 0.5) is 0 Å². The molecule has 0 aromatic rings. The smallest absolute Gasteiger partial charge is 0.328 e. The lowest BCUT2D eigenvalue weighted by Gasteiger charge is -2.27. The van der Waals surface area contributed by atoms with E-state index in [4.69, 9.17) is 10.5 Å². The van der Waals surface area contributed by atoms with Gasteiger partial charge in [-0.25, -0.2) is 4.79 Å². The number of nitrogens with one attached hydrogen (secondary N) is 1. The number of rotatable bonds is 5. The van der Waals surface area contributed by atoms with Gasteiger partial charge in [-0.1, -0.05) is 19.4 Å². The SMILES string of the molecule is COC(=O)[C@H](NC(=O)[C@@]1(N)CC(C)=C(C(C)=O)C1)C(C)C. The molecule has 118 valence electrons.